The summed E-state index contributed by atoms with van der Waals surface area (Å²) < 4.78 is 10.6. The fraction of sp³-hybridized carbons (Fsp3) is 0.368. The van der Waals surface area contributed by atoms with Gasteiger partial charge in [0.1, 0.15) is 17.4 Å². The number of nitrogens with one attached hydrogen (secondary N) is 2. The van der Waals surface area contributed by atoms with Crippen molar-refractivity contribution in [3.8, 4) is 5.75 Å². The Labute approximate surface area is 166 Å². The van der Waals surface area contributed by atoms with Crippen molar-refractivity contribution in [2.24, 2.45) is 5.73 Å². The molecule has 0 spiro atoms. The lowest BCUT2D eigenvalue weighted by molar-refractivity contribution is -0.142. The van der Waals surface area contributed by atoms with Crippen LogP contribution in [0.15, 0.2) is 33.5 Å². The van der Waals surface area contributed by atoms with E-state index in [-0.39, 0.29) is 13.0 Å². The van der Waals surface area contributed by atoms with Crippen LogP contribution in [-0.4, -0.2) is 42.2 Å². The number of benzene rings is 1. The number of fused-ring (bicyclic) bond motifs is 1. The fourth-order valence-electron chi connectivity index (χ4n) is 2.75. The number of rotatable bonds is 10. The van der Waals surface area contributed by atoms with Crippen molar-refractivity contribution < 1.29 is 28.6 Å². The molecule has 0 fully saturated rings. The van der Waals surface area contributed by atoms with E-state index in [1.54, 1.807) is 12.1 Å². The Morgan fingerprint density at radius 2 is 2.03 bits per heavy atom. The molecule has 0 bridgehead atoms. The van der Waals surface area contributed by atoms with Gasteiger partial charge in [-0.1, -0.05) is 6.92 Å². The van der Waals surface area contributed by atoms with E-state index in [4.69, 9.17) is 14.9 Å². The largest absolute Gasteiger partial charge is 0.484 e. The second-order valence-corrected chi connectivity index (χ2v) is 6.28. The summed E-state index contributed by atoms with van der Waals surface area (Å²) >= 11 is 0. The molecule has 3 amide bonds. The maximum absolute atomic E-state index is 12.0. The standard InChI is InChI=1S/C19H23N3O7/c1-2-11-8-17(24)29-15-9-12(5-6-13(11)15)28-10-16(23)22-14(18(25)26)4-3-7-21-19(20)27/h5-6,8-9,14H,2-4,7,10H2,1H3,(H,22,23)(H,25,26)(H3,20,21,27)/t14-/m0/s1. The van der Waals surface area contributed by atoms with Gasteiger partial charge >= 0.3 is 17.6 Å². The van der Waals surface area contributed by atoms with Crippen LogP contribution < -0.4 is 26.7 Å². The number of carboxylic acid groups (broad SMARTS) is 1. The van der Waals surface area contributed by atoms with Gasteiger partial charge < -0.3 is 30.6 Å². The molecular formula is C19H23N3O7. The summed E-state index contributed by atoms with van der Waals surface area (Å²) in [5, 5.41) is 14.7. The van der Waals surface area contributed by atoms with Crippen LogP contribution in [0.1, 0.15) is 25.3 Å². The summed E-state index contributed by atoms with van der Waals surface area (Å²) in [6.07, 6.45) is 1.10. The number of carbonyl (C=O) groups is 3. The van der Waals surface area contributed by atoms with Crippen LogP contribution in [-0.2, 0) is 16.0 Å². The third-order valence-electron chi connectivity index (χ3n) is 4.15. The number of carboxylic acids is 1. The van der Waals surface area contributed by atoms with E-state index in [2.05, 4.69) is 10.6 Å². The lowest BCUT2D eigenvalue weighted by Crippen LogP contribution is -2.43. The summed E-state index contributed by atoms with van der Waals surface area (Å²) in [5.74, 6) is -1.51. The Morgan fingerprint density at radius 1 is 1.28 bits per heavy atom. The minimum Gasteiger partial charge on any atom is -0.484 e. The number of hydrogen-bond acceptors (Lipinski definition) is 6. The van der Waals surface area contributed by atoms with Crippen molar-refractivity contribution in [2.45, 2.75) is 32.2 Å². The van der Waals surface area contributed by atoms with Crippen LogP contribution in [0.5, 0.6) is 5.75 Å². The molecule has 0 aliphatic carbocycles. The molecule has 29 heavy (non-hydrogen) atoms. The van der Waals surface area contributed by atoms with Crippen molar-refractivity contribution >= 4 is 28.9 Å². The molecule has 0 saturated carbocycles. The summed E-state index contributed by atoms with van der Waals surface area (Å²) in [7, 11) is 0. The van der Waals surface area contributed by atoms with Gasteiger partial charge in [0.2, 0.25) is 0 Å². The number of amides is 3. The van der Waals surface area contributed by atoms with Crippen molar-refractivity contribution in [2.75, 3.05) is 13.2 Å². The maximum atomic E-state index is 12.0. The molecule has 10 heteroatoms. The summed E-state index contributed by atoms with van der Waals surface area (Å²) in [4.78, 5) is 45.5. The third kappa shape index (κ3) is 6.52. The highest BCUT2D eigenvalue weighted by atomic mass is 16.5. The zero-order chi connectivity index (χ0) is 21.4. The molecule has 5 N–H and O–H groups in total. The Balaban J connectivity index is 1.94. The Hall–Kier alpha value is -3.56. The van der Waals surface area contributed by atoms with Gasteiger partial charge in [0.05, 0.1) is 0 Å². The Kier molecular flexibility index (Phi) is 7.58. The molecule has 1 aromatic carbocycles. The molecule has 156 valence electrons. The highest BCUT2D eigenvalue weighted by Gasteiger charge is 2.19. The van der Waals surface area contributed by atoms with Gasteiger partial charge in [-0.15, -0.1) is 0 Å². The predicted octanol–water partition coefficient (Wildman–Crippen LogP) is 0.752. The van der Waals surface area contributed by atoms with Crippen LogP contribution in [0.2, 0.25) is 0 Å². The quantitative estimate of drug-likeness (QED) is 0.335. The average molecular weight is 405 g/mol. The molecule has 10 nitrogen and oxygen atoms in total. The first-order chi connectivity index (χ1) is 13.8. The fourth-order valence-corrected chi connectivity index (χ4v) is 2.75. The van der Waals surface area contributed by atoms with Gasteiger partial charge in [-0.05, 0) is 37.0 Å². The van der Waals surface area contributed by atoms with Crippen LogP contribution in [0.25, 0.3) is 11.0 Å². The minimum atomic E-state index is -1.20. The molecule has 1 aromatic heterocycles. The number of aliphatic carboxylic acids is 1. The molecule has 0 radical (unpaired) electrons. The highest BCUT2D eigenvalue weighted by Crippen LogP contribution is 2.23. The number of primary amides is 1. The van der Waals surface area contributed by atoms with E-state index >= 15 is 0 Å². The zero-order valence-electron chi connectivity index (χ0n) is 15.9. The second-order valence-electron chi connectivity index (χ2n) is 6.28. The molecule has 0 saturated heterocycles. The Morgan fingerprint density at radius 3 is 2.69 bits per heavy atom. The van der Waals surface area contributed by atoms with Gasteiger partial charge in [0.15, 0.2) is 6.61 Å². The highest BCUT2D eigenvalue weighted by molar-refractivity contribution is 5.85. The van der Waals surface area contributed by atoms with Crippen molar-refractivity contribution in [3.05, 3.63) is 40.2 Å². The molecule has 0 unspecified atom stereocenters. The molecular weight excluding hydrogens is 382 g/mol. The second kappa shape index (κ2) is 10.1. The SMILES string of the molecule is CCc1cc(=O)oc2cc(OCC(=O)N[C@@H](CCCNC(N)=O)C(=O)O)ccc12. The smallest absolute Gasteiger partial charge is 0.336 e. The zero-order valence-corrected chi connectivity index (χ0v) is 15.9. The van der Waals surface area contributed by atoms with Crippen molar-refractivity contribution in [3.63, 3.8) is 0 Å². The number of urea groups is 1. The third-order valence-corrected chi connectivity index (χ3v) is 4.15. The van der Waals surface area contributed by atoms with Crippen molar-refractivity contribution in [1.82, 2.24) is 10.6 Å². The normalized spacial score (nSPS) is 11.6. The predicted molar refractivity (Wildman–Crippen MR) is 104 cm³/mol. The van der Waals surface area contributed by atoms with Gasteiger partial charge in [-0.3, -0.25) is 4.79 Å². The average Bonchev–Trinajstić information content (AvgIpc) is 2.67. The number of aryl methyl sites for hydroxylation is 1. The van der Waals surface area contributed by atoms with Gasteiger partial charge in [-0.2, -0.15) is 0 Å². The maximum Gasteiger partial charge on any atom is 0.336 e. The molecule has 1 atom stereocenters. The summed E-state index contributed by atoms with van der Waals surface area (Å²) in [5.41, 5.74) is 5.64. The molecule has 2 rings (SSSR count). The van der Waals surface area contributed by atoms with Crippen LogP contribution in [0.4, 0.5) is 4.79 Å². The van der Waals surface area contributed by atoms with E-state index < -0.39 is 36.2 Å². The first kappa shape index (κ1) is 21.7. The molecule has 1 heterocycles. The lowest BCUT2D eigenvalue weighted by atomic mass is 10.1. The van der Waals surface area contributed by atoms with Gasteiger partial charge in [0, 0.05) is 24.1 Å². The molecule has 0 aliphatic rings. The minimum absolute atomic E-state index is 0.113. The number of ether oxygens (including phenoxy) is 1. The van der Waals surface area contributed by atoms with Crippen LogP contribution >= 0.6 is 0 Å². The summed E-state index contributed by atoms with van der Waals surface area (Å²) in [6, 6.07) is 4.48. The van der Waals surface area contributed by atoms with Gasteiger partial charge in [-0.25, -0.2) is 14.4 Å². The summed E-state index contributed by atoms with van der Waals surface area (Å²) in [6.45, 7) is 1.71. The lowest BCUT2D eigenvalue weighted by Gasteiger charge is -2.15. The topological polar surface area (TPSA) is 161 Å². The van der Waals surface area contributed by atoms with E-state index in [0.717, 1.165) is 10.9 Å². The van der Waals surface area contributed by atoms with Crippen molar-refractivity contribution in [1.29, 1.82) is 0 Å². The first-order valence-corrected chi connectivity index (χ1v) is 9.05. The van der Waals surface area contributed by atoms with Crippen LogP contribution in [0.3, 0.4) is 0 Å². The molecule has 2 aromatic rings. The number of hydrogen-bond donors (Lipinski definition) is 4. The molecule has 0 aliphatic heterocycles. The van der Waals surface area contributed by atoms with Gasteiger partial charge in [0.25, 0.3) is 5.91 Å². The van der Waals surface area contributed by atoms with E-state index in [1.165, 1.54) is 12.1 Å². The first-order valence-electron chi connectivity index (χ1n) is 9.05. The van der Waals surface area contributed by atoms with E-state index in [9.17, 15) is 24.3 Å². The van der Waals surface area contributed by atoms with Crippen LogP contribution in [0, 0.1) is 0 Å². The Bertz CT molecular complexity index is 954. The monoisotopic (exact) mass is 405 g/mol. The van der Waals surface area contributed by atoms with E-state index in [1.807, 2.05) is 6.92 Å². The van der Waals surface area contributed by atoms with E-state index in [0.29, 0.717) is 24.2 Å². The number of nitrogens with two attached hydrogens (primary N) is 1. The number of carbonyl (C=O) groups excluding carboxylic acids is 2.